The molecule has 10 rings (SSSR count). The van der Waals surface area contributed by atoms with Crippen molar-refractivity contribution in [1.29, 1.82) is 0 Å². The fraction of sp³-hybridized carbons (Fsp3) is 0. The molecule has 240 valence electrons. The quantitative estimate of drug-likeness (QED) is 0.176. The molecule has 0 atom stereocenters. The number of anilines is 3. The first-order valence-corrected chi connectivity index (χ1v) is 17.9. The minimum absolute atomic E-state index is 0.859. The molecule has 0 unspecified atom stereocenters. The third-order valence-corrected chi connectivity index (χ3v) is 10.8. The van der Waals surface area contributed by atoms with Gasteiger partial charge in [-0.25, -0.2) is 4.98 Å². The van der Waals surface area contributed by atoms with E-state index in [1.165, 1.54) is 27.5 Å². The van der Waals surface area contributed by atoms with Crippen LogP contribution in [-0.2, 0) is 0 Å². The molecule has 0 N–H and O–H groups in total. The van der Waals surface area contributed by atoms with Crippen LogP contribution >= 0.6 is 11.3 Å². The first-order chi connectivity index (χ1) is 25.3. The summed E-state index contributed by atoms with van der Waals surface area (Å²) in [6, 6.07) is 64.5. The average molecular weight is 671 g/mol. The summed E-state index contributed by atoms with van der Waals surface area (Å²) < 4.78 is 7.62. The Morgan fingerprint density at radius 3 is 1.94 bits per heavy atom. The second-order valence-corrected chi connectivity index (χ2v) is 13.8. The Kier molecular flexibility index (Phi) is 7.00. The average Bonchev–Trinajstić information content (AvgIpc) is 3.81. The molecule has 0 fully saturated rings. The predicted octanol–water partition coefficient (Wildman–Crippen LogP) is 13.8. The molecule has 8 aromatic carbocycles. The maximum Gasteiger partial charge on any atom is 0.137 e. The Morgan fingerprint density at radius 1 is 0.471 bits per heavy atom. The minimum atomic E-state index is 0.859. The molecule has 0 aliphatic heterocycles. The molecule has 2 aromatic heterocycles. The van der Waals surface area contributed by atoms with Gasteiger partial charge in [0.2, 0.25) is 0 Å². The molecule has 0 aliphatic rings. The van der Waals surface area contributed by atoms with E-state index in [1.54, 1.807) is 11.3 Å². The normalized spacial score (nSPS) is 11.5. The van der Waals surface area contributed by atoms with Crippen LogP contribution in [0, 0.1) is 0 Å². The van der Waals surface area contributed by atoms with Crippen LogP contribution in [0.1, 0.15) is 0 Å². The molecule has 3 nitrogen and oxygen atoms in total. The molecule has 0 aliphatic carbocycles. The smallest absolute Gasteiger partial charge is 0.137 e. The predicted molar refractivity (Wildman–Crippen MR) is 215 cm³/mol. The highest BCUT2D eigenvalue weighted by Crippen LogP contribution is 2.45. The molecule has 0 saturated carbocycles. The zero-order valence-electron chi connectivity index (χ0n) is 27.5. The lowest BCUT2D eigenvalue weighted by molar-refractivity contribution is 0.669. The topological polar surface area (TPSA) is 29.3 Å². The number of hydrogen-bond acceptors (Lipinski definition) is 4. The van der Waals surface area contributed by atoms with E-state index < -0.39 is 0 Å². The second kappa shape index (κ2) is 12.1. The molecule has 0 amide bonds. The summed E-state index contributed by atoms with van der Waals surface area (Å²) in [5.41, 5.74) is 11.8. The fourth-order valence-electron chi connectivity index (χ4n) is 7.21. The lowest BCUT2D eigenvalue weighted by Crippen LogP contribution is -2.11. The lowest BCUT2D eigenvalue weighted by atomic mass is 9.98. The summed E-state index contributed by atoms with van der Waals surface area (Å²) in [5, 5.41) is 5.64. The van der Waals surface area contributed by atoms with Crippen molar-refractivity contribution < 1.29 is 4.42 Å². The van der Waals surface area contributed by atoms with Gasteiger partial charge in [-0.3, -0.25) is 0 Å². The molecule has 4 heteroatoms. The summed E-state index contributed by atoms with van der Waals surface area (Å²) in [4.78, 5) is 7.41. The van der Waals surface area contributed by atoms with Gasteiger partial charge in [-0.05, 0) is 82.1 Å². The zero-order valence-corrected chi connectivity index (χ0v) is 28.3. The molecule has 0 radical (unpaired) electrons. The van der Waals surface area contributed by atoms with Crippen LogP contribution in [-0.4, -0.2) is 4.98 Å². The summed E-state index contributed by atoms with van der Waals surface area (Å²) in [7, 11) is 0. The van der Waals surface area contributed by atoms with Crippen LogP contribution in [0.4, 0.5) is 17.1 Å². The molecule has 10 aromatic rings. The third kappa shape index (κ3) is 5.16. The van der Waals surface area contributed by atoms with Gasteiger partial charge < -0.3 is 9.32 Å². The SMILES string of the molecule is c1ccc(-c2ccc(N(c3ccc4oc5ccc6nc(-c7ccccc7)sc6c5c4c3)c3ccccc3-c3ccc4ccccc4c3)cc2)cc1. The number of rotatable bonds is 6. The van der Waals surface area contributed by atoms with Crippen LogP contribution in [0.15, 0.2) is 186 Å². The summed E-state index contributed by atoms with van der Waals surface area (Å²) >= 11 is 1.72. The number of aromatic nitrogens is 1. The zero-order chi connectivity index (χ0) is 33.7. The highest BCUT2D eigenvalue weighted by atomic mass is 32.1. The van der Waals surface area contributed by atoms with E-state index in [-0.39, 0.29) is 0 Å². The lowest BCUT2D eigenvalue weighted by Gasteiger charge is -2.28. The van der Waals surface area contributed by atoms with Crippen LogP contribution < -0.4 is 4.90 Å². The van der Waals surface area contributed by atoms with Crippen LogP contribution in [0.2, 0.25) is 0 Å². The number of fused-ring (bicyclic) bond motifs is 6. The molecule has 51 heavy (non-hydrogen) atoms. The van der Waals surface area contributed by atoms with Gasteiger partial charge in [0.25, 0.3) is 0 Å². The van der Waals surface area contributed by atoms with Gasteiger partial charge in [-0.2, -0.15) is 0 Å². The van der Waals surface area contributed by atoms with Crippen molar-refractivity contribution in [2.24, 2.45) is 0 Å². The van der Waals surface area contributed by atoms with Gasteiger partial charge in [0.15, 0.2) is 0 Å². The fourth-order valence-corrected chi connectivity index (χ4v) is 8.33. The number of para-hydroxylation sites is 1. The molecular weight excluding hydrogens is 641 g/mol. The highest BCUT2D eigenvalue weighted by molar-refractivity contribution is 7.22. The summed E-state index contributed by atoms with van der Waals surface area (Å²) in [5.74, 6) is 0. The van der Waals surface area contributed by atoms with Gasteiger partial charge in [0.05, 0.1) is 15.9 Å². The number of hydrogen-bond donors (Lipinski definition) is 0. The summed E-state index contributed by atoms with van der Waals surface area (Å²) in [6.45, 7) is 0. The number of furan rings is 1. The van der Waals surface area contributed by atoms with Crippen molar-refractivity contribution in [3.8, 4) is 32.8 Å². The van der Waals surface area contributed by atoms with Crippen molar-refractivity contribution in [1.82, 2.24) is 4.98 Å². The number of nitrogens with zero attached hydrogens (tertiary/aromatic N) is 2. The Hall–Kier alpha value is -6.49. The standard InChI is InChI=1S/C47H30N2OS/c1-3-11-31(12-4-1)33-21-23-37(24-22-33)49(42-18-10-9-17-39(42)36-20-19-32-13-7-8-16-35(32)29-36)38-25-27-43-40(30-38)45-44(50-43)28-26-41-46(45)51-47(48-41)34-14-5-2-6-15-34/h1-30H. The number of thiazole rings is 1. The summed E-state index contributed by atoms with van der Waals surface area (Å²) in [6.07, 6.45) is 0. The van der Waals surface area contributed by atoms with Crippen molar-refractivity contribution in [2.45, 2.75) is 0 Å². The van der Waals surface area contributed by atoms with Crippen LogP contribution in [0.5, 0.6) is 0 Å². The van der Waals surface area contributed by atoms with E-state index in [2.05, 4.69) is 181 Å². The molecule has 0 saturated heterocycles. The Bertz CT molecular complexity index is 2850. The van der Waals surface area contributed by atoms with Gasteiger partial charge in [-0.1, -0.05) is 127 Å². The van der Waals surface area contributed by atoms with Gasteiger partial charge in [0.1, 0.15) is 16.2 Å². The minimum Gasteiger partial charge on any atom is -0.456 e. The van der Waals surface area contributed by atoms with Crippen LogP contribution in [0.25, 0.3) is 75.8 Å². The Labute approximate surface area is 299 Å². The van der Waals surface area contributed by atoms with Gasteiger partial charge in [0, 0.05) is 33.3 Å². The van der Waals surface area contributed by atoms with Crippen molar-refractivity contribution in [3.05, 3.63) is 182 Å². The monoisotopic (exact) mass is 670 g/mol. The van der Waals surface area contributed by atoms with E-state index in [0.717, 1.165) is 65.4 Å². The van der Waals surface area contributed by atoms with E-state index in [0.29, 0.717) is 0 Å². The van der Waals surface area contributed by atoms with E-state index in [9.17, 15) is 0 Å². The molecule has 0 spiro atoms. The maximum atomic E-state index is 6.48. The molecule has 0 bridgehead atoms. The van der Waals surface area contributed by atoms with Gasteiger partial charge >= 0.3 is 0 Å². The van der Waals surface area contributed by atoms with Crippen LogP contribution in [0.3, 0.4) is 0 Å². The van der Waals surface area contributed by atoms with E-state index in [1.807, 2.05) is 6.07 Å². The van der Waals surface area contributed by atoms with Gasteiger partial charge in [-0.15, -0.1) is 11.3 Å². The van der Waals surface area contributed by atoms with Crippen molar-refractivity contribution >= 4 is 71.3 Å². The third-order valence-electron chi connectivity index (χ3n) is 9.69. The Balaban J connectivity index is 1.18. The Morgan fingerprint density at radius 2 is 1.12 bits per heavy atom. The van der Waals surface area contributed by atoms with E-state index >= 15 is 0 Å². The van der Waals surface area contributed by atoms with Crippen molar-refractivity contribution in [2.75, 3.05) is 4.90 Å². The van der Waals surface area contributed by atoms with E-state index in [4.69, 9.17) is 9.40 Å². The first-order valence-electron chi connectivity index (χ1n) is 17.1. The maximum absolute atomic E-state index is 6.48. The second-order valence-electron chi connectivity index (χ2n) is 12.8. The number of benzene rings is 8. The highest BCUT2D eigenvalue weighted by Gasteiger charge is 2.21. The van der Waals surface area contributed by atoms with Crippen molar-refractivity contribution in [3.63, 3.8) is 0 Å². The largest absolute Gasteiger partial charge is 0.456 e. The molecule has 2 heterocycles. The molecular formula is C47H30N2OS. The first kappa shape index (κ1) is 29.4.